The summed E-state index contributed by atoms with van der Waals surface area (Å²) in [6.45, 7) is 3.66. The van der Waals surface area contributed by atoms with Gasteiger partial charge in [0.2, 0.25) is 0 Å². The zero-order valence-electron chi connectivity index (χ0n) is 8.23. The van der Waals surface area contributed by atoms with E-state index in [1.54, 1.807) is 13.8 Å². The second-order valence-electron chi connectivity index (χ2n) is 2.59. The summed E-state index contributed by atoms with van der Waals surface area (Å²) in [5.74, 6) is -0.882. The highest BCUT2D eigenvalue weighted by atomic mass is 32.1. The molecule has 0 radical (unpaired) electrons. The molecule has 0 spiro atoms. The van der Waals surface area contributed by atoms with Crippen molar-refractivity contribution in [3.63, 3.8) is 0 Å². The minimum absolute atomic E-state index is 0.200. The van der Waals surface area contributed by atoms with E-state index in [1.165, 1.54) is 0 Å². The van der Waals surface area contributed by atoms with Crippen molar-refractivity contribution in [3.05, 3.63) is 15.6 Å². The van der Waals surface area contributed by atoms with Gasteiger partial charge in [-0.1, -0.05) is 12.8 Å². The maximum Gasteiger partial charge on any atom is 0.350 e. The highest BCUT2D eigenvalue weighted by Crippen LogP contribution is 2.19. The van der Waals surface area contributed by atoms with E-state index in [2.05, 4.69) is 22.5 Å². The molecule has 82 valence electrons. The molecule has 15 heavy (non-hydrogen) atoms. The number of nitrogens with zero attached hydrogens (tertiary/aromatic N) is 1. The predicted octanol–water partition coefficient (Wildman–Crippen LogP) is 1.20. The maximum atomic E-state index is 11.4. The topological polar surface area (TPSA) is 68.3 Å². The fourth-order valence-corrected chi connectivity index (χ4v) is 1.96. The van der Waals surface area contributed by atoms with Crippen LogP contribution >= 0.6 is 24.2 Å². The van der Waals surface area contributed by atoms with Crippen molar-refractivity contribution in [3.8, 4) is 0 Å². The SMILES string of the molecule is CCOC(=O)c1sc(C(=O)NS)nc1C. The van der Waals surface area contributed by atoms with Crippen LogP contribution in [-0.2, 0) is 4.74 Å². The average molecular weight is 246 g/mol. The lowest BCUT2D eigenvalue weighted by Crippen LogP contribution is -2.11. The van der Waals surface area contributed by atoms with Crippen LogP contribution in [-0.4, -0.2) is 23.5 Å². The van der Waals surface area contributed by atoms with E-state index in [0.29, 0.717) is 17.2 Å². The van der Waals surface area contributed by atoms with Gasteiger partial charge in [0.15, 0.2) is 5.01 Å². The third kappa shape index (κ3) is 2.69. The standard InChI is InChI=1S/C8H10N2O3S2/c1-3-13-8(12)5-4(2)9-7(15-5)6(11)10-14/h14H,3H2,1-2H3,(H,10,11). The number of hydrogen-bond acceptors (Lipinski definition) is 6. The molecule has 5 nitrogen and oxygen atoms in total. The number of thiazole rings is 1. The quantitative estimate of drug-likeness (QED) is 0.621. The number of thiol groups is 1. The van der Waals surface area contributed by atoms with Crippen molar-refractivity contribution in [2.24, 2.45) is 0 Å². The number of rotatable bonds is 3. The first-order chi connectivity index (χ1) is 7.10. The summed E-state index contributed by atoms with van der Waals surface area (Å²) in [5, 5.41) is 0.200. The van der Waals surface area contributed by atoms with Gasteiger partial charge in [0.1, 0.15) is 4.88 Å². The Hall–Kier alpha value is -1.08. The molecule has 1 aromatic heterocycles. The summed E-state index contributed by atoms with van der Waals surface area (Å²) in [7, 11) is 0. The van der Waals surface area contributed by atoms with Crippen molar-refractivity contribution in [1.29, 1.82) is 0 Å². The molecule has 0 unspecified atom stereocenters. The molecule has 0 aromatic carbocycles. The minimum atomic E-state index is -0.453. The van der Waals surface area contributed by atoms with E-state index in [4.69, 9.17) is 4.74 Å². The number of carbonyl (C=O) groups excluding carboxylic acids is 2. The van der Waals surface area contributed by atoms with Gasteiger partial charge in [0.25, 0.3) is 5.91 Å². The number of carbonyl (C=O) groups is 2. The minimum Gasteiger partial charge on any atom is -0.462 e. The largest absolute Gasteiger partial charge is 0.462 e. The van der Waals surface area contributed by atoms with Gasteiger partial charge < -0.3 is 4.74 Å². The molecule has 0 saturated carbocycles. The Labute approximate surface area is 96.4 Å². The summed E-state index contributed by atoms with van der Waals surface area (Å²) in [4.78, 5) is 26.8. The van der Waals surface area contributed by atoms with E-state index in [-0.39, 0.29) is 5.01 Å². The van der Waals surface area contributed by atoms with Crippen LogP contribution in [0.15, 0.2) is 0 Å². The molecule has 0 bridgehead atoms. The number of aryl methyl sites for hydroxylation is 1. The highest BCUT2D eigenvalue weighted by Gasteiger charge is 2.19. The summed E-state index contributed by atoms with van der Waals surface area (Å²) < 4.78 is 6.96. The molecule has 1 rings (SSSR count). The summed E-state index contributed by atoms with van der Waals surface area (Å²) >= 11 is 4.61. The monoisotopic (exact) mass is 246 g/mol. The number of hydrogen-bond donors (Lipinski definition) is 2. The van der Waals surface area contributed by atoms with Gasteiger partial charge in [-0.3, -0.25) is 9.52 Å². The van der Waals surface area contributed by atoms with Crippen molar-refractivity contribution >= 4 is 36.0 Å². The van der Waals surface area contributed by atoms with Crippen molar-refractivity contribution in [1.82, 2.24) is 9.71 Å². The van der Waals surface area contributed by atoms with E-state index < -0.39 is 11.9 Å². The first-order valence-corrected chi connectivity index (χ1v) is 5.45. The predicted molar refractivity (Wildman–Crippen MR) is 59.3 cm³/mol. The summed E-state index contributed by atoms with van der Waals surface area (Å²) in [6, 6.07) is 0. The summed E-state index contributed by atoms with van der Waals surface area (Å²) in [6.07, 6.45) is 0. The third-order valence-corrected chi connectivity index (χ3v) is 2.89. The zero-order valence-corrected chi connectivity index (χ0v) is 9.95. The van der Waals surface area contributed by atoms with Gasteiger partial charge >= 0.3 is 5.97 Å². The number of esters is 1. The Morgan fingerprint density at radius 3 is 2.80 bits per heavy atom. The van der Waals surface area contributed by atoms with Gasteiger partial charge in [0.05, 0.1) is 12.3 Å². The lowest BCUT2D eigenvalue weighted by atomic mass is 10.4. The summed E-state index contributed by atoms with van der Waals surface area (Å²) in [5.41, 5.74) is 0.491. The fraction of sp³-hybridized carbons (Fsp3) is 0.375. The molecular weight excluding hydrogens is 236 g/mol. The third-order valence-electron chi connectivity index (χ3n) is 1.55. The van der Waals surface area contributed by atoms with Gasteiger partial charge in [-0.2, -0.15) is 0 Å². The van der Waals surface area contributed by atoms with Gasteiger partial charge in [0, 0.05) is 0 Å². The second-order valence-corrected chi connectivity index (χ2v) is 3.82. The van der Waals surface area contributed by atoms with Crippen LogP contribution < -0.4 is 4.72 Å². The lowest BCUT2D eigenvalue weighted by molar-refractivity contribution is 0.0531. The number of ether oxygens (including phenoxy) is 1. The fourth-order valence-electron chi connectivity index (χ4n) is 0.927. The van der Waals surface area contributed by atoms with Crippen LogP contribution in [0, 0.1) is 6.92 Å². The van der Waals surface area contributed by atoms with Crippen molar-refractivity contribution in [2.45, 2.75) is 13.8 Å². The molecular formula is C8H10N2O3S2. The van der Waals surface area contributed by atoms with Gasteiger partial charge in [-0.25, -0.2) is 9.78 Å². The smallest absolute Gasteiger partial charge is 0.350 e. The molecule has 1 heterocycles. The molecule has 0 aliphatic carbocycles. The lowest BCUT2D eigenvalue weighted by Gasteiger charge is -1.97. The van der Waals surface area contributed by atoms with Crippen LogP contribution in [0.4, 0.5) is 0 Å². The van der Waals surface area contributed by atoms with Crippen LogP contribution in [0.1, 0.15) is 32.1 Å². The molecule has 1 aromatic rings. The molecule has 1 N–H and O–H groups in total. The zero-order chi connectivity index (χ0) is 11.4. The van der Waals surface area contributed by atoms with Gasteiger partial charge in [-0.05, 0) is 13.8 Å². The van der Waals surface area contributed by atoms with Crippen LogP contribution in [0.2, 0.25) is 0 Å². The second kappa shape index (κ2) is 5.13. The van der Waals surface area contributed by atoms with E-state index in [0.717, 1.165) is 11.3 Å². The first kappa shape index (κ1) is 12.0. The molecule has 0 saturated heterocycles. The number of amides is 1. The maximum absolute atomic E-state index is 11.4. The van der Waals surface area contributed by atoms with E-state index in [9.17, 15) is 9.59 Å². The Balaban J connectivity index is 2.96. The van der Waals surface area contributed by atoms with E-state index in [1.807, 2.05) is 0 Å². The molecule has 7 heteroatoms. The molecule has 0 aliphatic rings. The van der Waals surface area contributed by atoms with Crippen LogP contribution in [0.5, 0.6) is 0 Å². The molecule has 0 fully saturated rings. The van der Waals surface area contributed by atoms with Crippen molar-refractivity contribution in [2.75, 3.05) is 6.61 Å². The van der Waals surface area contributed by atoms with Crippen LogP contribution in [0.25, 0.3) is 0 Å². The Kier molecular flexibility index (Phi) is 4.10. The Morgan fingerprint density at radius 1 is 1.60 bits per heavy atom. The van der Waals surface area contributed by atoms with E-state index >= 15 is 0 Å². The normalized spacial score (nSPS) is 9.80. The molecule has 0 aliphatic heterocycles. The number of aromatic nitrogens is 1. The highest BCUT2D eigenvalue weighted by molar-refractivity contribution is 7.78. The average Bonchev–Trinajstić information content (AvgIpc) is 2.59. The molecule has 0 atom stereocenters. The van der Waals surface area contributed by atoms with Crippen LogP contribution in [0.3, 0.4) is 0 Å². The molecule has 1 amide bonds. The Bertz CT molecular complexity index is 389. The first-order valence-electron chi connectivity index (χ1n) is 4.19. The number of nitrogens with one attached hydrogen (secondary N) is 1. The van der Waals surface area contributed by atoms with Gasteiger partial charge in [-0.15, -0.1) is 11.3 Å². The Morgan fingerprint density at radius 2 is 2.27 bits per heavy atom. The van der Waals surface area contributed by atoms with Crippen molar-refractivity contribution < 1.29 is 14.3 Å².